The van der Waals surface area contributed by atoms with Crippen molar-refractivity contribution in [2.45, 2.75) is 26.3 Å². The number of nitrogens with zero attached hydrogens (tertiary/aromatic N) is 1. The molecular weight excluding hydrogens is 300 g/mol. The summed E-state index contributed by atoms with van der Waals surface area (Å²) in [4.78, 5) is 11.0. The molecule has 0 fully saturated rings. The van der Waals surface area contributed by atoms with E-state index >= 15 is 0 Å². The smallest absolute Gasteiger partial charge is 0.320 e. The molecule has 1 aromatic heterocycles. The molecule has 3 rings (SSSR count). The van der Waals surface area contributed by atoms with Crippen molar-refractivity contribution in [3.63, 3.8) is 0 Å². The second-order valence-electron chi connectivity index (χ2n) is 5.48. The first-order chi connectivity index (χ1) is 11.6. The van der Waals surface area contributed by atoms with E-state index in [1.165, 1.54) is 0 Å². The van der Waals surface area contributed by atoms with E-state index in [4.69, 9.17) is 10.8 Å². The second kappa shape index (κ2) is 7.79. The van der Waals surface area contributed by atoms with Gasteiger partial charge in [-0.05, 0) is 11.1 Å². The number of aryl methyl sites for hydroxylation is 1. The van der Waals surface area contributed by atoms with Crippen molar-refractivity contribution in [3.8, 4) is 11.1 Å². The Morgan fingerprint density at radius 2 is 1.79 bits per heavy atom. The average molecular weight is 324 g/mol. The van der Waals surface area contributed by atoms with Crippen molar-refractivity contribution >= 4 is 16.9 Å². The highest BCUT2D eigenvalue weighted by Gasteiger charge is 2.17. The van der Waals surface area contributed by atoms with E-state index in [0.29, 0.717) is 6.42 Å². The maximum Gasteiger partial charge on any atom is 0.320 e. The summed E-state index contributed by atoms with van der Waals surface area (Å²) in [6, 6.07) is 15.4. The lowest BCUT2D eigenvalue weighted by Gasteiger charge is -2.07. The fraction of sp³-hybridized carbons (Fsp3) is 0.250. The topological polar surface area (TPSA) is 68.2 Å². The van der Waals surface area contributed by atoms with E-state index in [-0.39, 0.29) is 0 Å². The molecule has 0 spiro atoms. The number of fused-ring (bicyclic) bond motifs is 1. The van der Waals surface area contributed by atoms with Gasteiger partial charge < -0.3 is 15.4 Å². The highest BCUT2D eigenvalue weighted by molar-refractivity contribution is 5.97. The number of aliphatic carboxylic acids is 1. The Labute approximate surface area is 142 Å². The molecule has 3 aromatic rings. The minimum atomic E-state index is -0.976. The third-order valence-electron chi connectivity index (χ3n) is 3.93. The normalized spacial score (nSPS) is 11.7. The van der Waals surface area contributed by atoms with Crippen molar-refractivity contribution in [1.29, 1.82) is 0 Å². The van der Waals surface area contributed by atoms with Gasteiger partial charge in [-0.3, -0.25) is 4.79 Å². The number of benzene rings is 2. The third-order valence-corrected chi connectivity index (χ3v) is 3.93. The molecule has 1 atom stereocenters. The zero-order valence-corrected chi connectivity index (χ0v) is 14.4. The zero-order chi connectivity index (χ0) is 17.7. The van der Waals surface area contributed by atoms with Crippen molar-refractivity contribution in [3.05, 3.63) is 60.3 Å². The molecule has 126 valence electrons. The van der Waals surface area contributed by atoms with Gasteiger partial charge in [-0.15, -0.1) is 0 Å². The summed E-state index contributed by atoms with van der Waals surface area (Å²) in [6.45, 7) is 4.00. The van der Waals surface area contributed by atoms with Crippen molar-refractivity contribution < 1.29 is 9.90 Å². The summed E-state index contributed by atoms with van der Waals surface area (Å²) >= 11 is 0. The number of carboxylic acids is 1. The molecule has 0 saturated heterocycles. The Morgan fingerprint density at radius 1 is 1.12 bits per heavy atom. The Morgan fingerprint density at radius 3 is 2.42 bits per heavy atom. The van der Waals surface area contributed by atoms with Gasteiger partial charge in [0.05, 0.1) is 5.52 Å². The fourth-order valence-corrected chi connectivity index (χ4v) is 2.89. The Bertz CT molecular complexity index is 822. The van der Waals surface area contributed by atoms with E-state index in [1.807, 2.05) is 62.0 Å². The number of carbonyl (C=O) groups is 1. The summed E-state index contributed by atoms with van der Waals surface area (Å²) in [5.74, 6) is -0.976. The van der Waals surface area contributed by atoms with Gasteiger partial charge in [0.1, 0.15) is 6.04 Å². The quantitative estimate of drug-likeness (QED) is 0.766. The summed E-state index contributed by atoms with van der Waals surface area (Å²) in [7, 11) is 1.98. The minimum absolute atomic E-state index is 0.324. The van der Waals surface area contributed by atoms with Crippen LogP contribution in [0.3, 0.4) is 0 Å². The lowest BCUT2D eigenvalue weighted by Crippen LogP contribution is -2.32. The molecule has 24 heavy (non-hydrogen) atoms. The van der Waals surface area contributed by atoms with Crippen LogP contribution in [0.2, 0.25) is 0 Å². The maximum absolute atomic E-state index is 11.0. The SMILES string of the molecule is CC.Cn1cc(CC(N)C(=O)O)c2cccc(-c3ccccc3)c21. The first kappa shape index (κ1) is 17.8. The van der Waals surface area contributed by atoms with Gasteiger partial charge in [-0.1, -0.05) is 62.4 Å². The number of hydrogen-bond donors (Lipinski definition) is 2. The number of hydrogen-bond acceptors (Lipinski definition) is 2. The van der Waals surface area contributed by atoms with E-state index in [1.54, 1.807) is 0 Å². The third kappa shape index (κ3) is 3.49. The molecule has 2 aromatic carbocycles. The van der Waals surface area contributed by atoms with E-state index in [0.717, 1.165) is 27.6 Å². The van der Waals surface area contributed by atoms with Crippen LogP contribution in [-0.4, -0.2) is 21.7 Å². The second-order valence-corrected chi connectivity index (χ2v) is 5.48. The molecule has 0 radical (unpaired) electrons. The summed E-state index contributed by atoms with van der Waals surface area (Å²) in [6.07, 6.45) is 2.30. The van der Waals surface area contributed by atoms with Gasteiger partial charge in [0.15, 0.2) is 0 Å². The fourth-order valence-electron chi connectivity index (χ4n) is 2.89. The molecule has 1 unspecified atom stereocenters. The van der Waals surface area contributed by atoms with Gasteiger partial charge in [0, 0.05) is 30.6 Å². The van der Waals surface area contributed by atoms with E-state index in [2.05, 4.69) is 18.2 Å². The minimum Gasteiger partial charge on any atom is -0.480 e. The molecule has 3 N–H and O–H groups in total. The van der Waals surface area contributed by atoms with Gasteiger partial charge in [-0.2, -0.15) is 0 Å². The average Bonchev–Trinajstić information content (AvgIpc) is 2.93. The van der Waals surface area contributed by atoms with Crippen LogP contribution in [0.25, 0.3) is 22.0 Å². The molecule has 0 saturated carbocycles. The van der Waals surface area contributed by atoms with Gasteiger partial charge in [0.25, 0.3) is 0 Å². The maximum atomic E-state index is 11.0. The van der Waals surface area contributed by atoms with Crippen molar-refractivity contribution in [2.75, 3.05) is 0 Å². The lowest BCUT2D eigenvalue weighted by molar-refractivity contribution is -0.138. The highest BCUT2D eigenvalue weighted by Crippen LogP contribution is 2.31. The van der Waals surface area contributed by atoms with Crippen LogP contribution in [-0.2, 0) is 18.3 Å². The molecule has 1 heterocycles. The van der Waals surface area contributed by atoms with Crippen LogP contribution in [0.1, 0.15) is 19.4 Å². The van der Waals surface area contributed by atoms with Gasteiger partial charge in [0.2, 0.25) is 0 Å². The Balaban J connectivity index is 0.00000100. The van der Waals surface area contributed by atoms with Gasteiger partial charge in [-0.25, -0.2) is 0 Å². The lowest BCUT2D eigenvalue weighted by atomic mass is 10.00. The zero-order valence-electron chi connectivity index (χ0n) is 14.4. The monoisotopic (exact) mass is 324 g/mol. The van der Waals surface area contributed by atoms with Crippen LogP contribution < -0.4 is 5.73 Å². The van der Waals surface area contributed by atoms with Gasteiger partial charge >= 0.3 is 5.97 Å². The van der Waals surface area contributed by atoms with Crippen molar-refractivity contribution in [1.82, 2.24) is 4.57 Å². The highest BCUT2D eigenvalue weighted by atomic mass is 16.4. The standard InChI is InChI=1S/C18H18N2O2.C2H6/c1-20-11-13(10-16(19)18(21)22)15-9-5-8-14(17(15)20)12-6-3-2-4-7-12;1-2/h2-9,11,16H,10,19H2,1H3,(H,21,22);1-2H3. The molecule has 0 aliphatic heterocycles. The van der Waals surface area contributed by atoms with E-state index in [9.17, 15) is 4.79 Å². The predicted octanol–water partition coefficient (Wildman–Crippen LogP) is 3.83. The van der Waals surface area contributed by atoms with Crippen LogP contribution in [0, 0.1) is 0 Å². The van der Waals surface area contributed by atoms with Crippen LogP contribution in [0.4, 0.5) is 0 Å². The first-order valence-corrected chi connectivity index (χ1v) is 8.18. The van der Waals surface area contributed by atoms with Crippen LogP contribution >= 0.6 is 0 Å². The number of rotatable bonds is 4. The number of carboxylic acid groups (broad SMARTS) is 1. The first-order valence-electron chi connectivity index (χ1n) is 8.18. The predicted molar refractivity (Wildman–Crippen MR) is 99.0 cm³/mol. The molecule has 4 heteroatoms. The Hall–Kier alpha value is -2.59. The molecule has 4 nitrogen and oxygen atoms in total. The van der Waals surface area contributed by atoms with Crippen LogP contribution in [0.5, 0.6) is 0 Å². The largest absolute Gasteiger partial charge is 0.480 e. The summed E-state index contributed by atoms with van der Waals surface area (Å²) < 4.78 is 2.04. The van der Waals surface area contributed by atoms with Crippen molar-refractivity contribution in [2.24, 2.45) is 12.8 Å². The molecular formula is C20H24N2O2. The number of aromatic nitrogens is 1. The van der Waals surface area contributed by atoms with Crippen LogP contribution in [0.15, 0.2) is 54.7 Å². The summed E-state index contributed by atoms with van der Waals surface area (Å²) in [5, 5.41) is 10.1. The Kier molecular flexibility index (Phi) is 5.77. The molecule has 0 amide bonds. The molecule has 0 bridgehead atoms. The molecule has 0 aliphatic rings. The van der Waals surface area contributed by atoms with E-state index < -0.39 is 12.0 Å². The molecule has 0 aliphatic carbocycles. The number of para-hydroxylation sites is 1. The summed E-state index contributed by atoms with van der Waals surface area (Å²) in [5.41, 5.74) is 10.0. The number of nitrogens with two attached hydrogens (primary N) is 1.